The molecule has 0 radical (unpaired) electrons. The first-order valence-corrected chi connectivity index (χ1v) is 7.93. The number of nitrogens with one attached hydrogen (secondary N) is 1. The molecule has 0 aliphatic carbocycles. The summed E-state index contributed by atoms with van der Waals surface area (Å²) in [6, 6.07) is 9.82. The molecule has 1 N–H and O–H groups in total. The quantitative estimate of drug-likeness (QED) is 0.754. The van der Waals surface area contributed by atoms with Crippen LogP contribution < -0.4 is 10.1 Å². The second kappa shape index (κ2) is 6.64. The van der Waals surface area contributed by atoms with E-state index in [0.717, 1.165) is 41.6 Å². The summed E-state index contributed by atoms with van der Waals surface area (Å²) in [6.07, 6.45) is 1.85. The summed E-state index contributed by atoms with van der Waals surface area (Å²) in [7, 11) is 0. The molecule has 6 heteroatoms. The summed E-state index contributed by atoms with van der Waals surface area (Å²) in [4.78, 5) is 8.95. The van der Waals surface area contributed by atoms with Crippen molar-refractivity contribution in [1.29, 1.82) is 0 Å². The van der Waals surface area contributed by atoms with Gasteiger partial charge in [0.05, 0.1) is 12.3 Å². The number of rotatable bonds is 6. The van der Waals surface area contributed by atoms with Crippen molar-refractivity contribution in [2.24, 2.45) is 0 Å². The zero-order valence-corrected chi connectivity index (χ0v) is 13.7. The topological polar surface area (TPSA) is 64.3 Å². The van der Waals surface area contributed by atoms with Crippen molar-refractivity contribution in [2.75, 3.05) is 11.9 Å². The van der Waals surface area contributed by atoms with E-state index < -0.39 is 0 Å². The van der Waals surface area contributed by atoms with Crippen LogP contribution in [0.5, 0.6) is 5.75 Å². The molecular weight excluding hydrogens is 290 g/mol. The fourth-order valence-electron chi connectivity index (χ4n) is 2.44. The first-order chi connectivity index (χ1) is 11.2. The highest BCUT2D eigenvalue weighted by Crippen LogP contribution is 2.27. The van der Waals surface area contributed by atoms with E-state index in [0.29, 0.717) is 12.4 Å². The highest BCUT2D eigenvalue weighted by atomic mass is 16.5. The number of hydrogen-bond acceptors (Lipinski definition) is 5. The molecule has 23 heavy (non-hydrogen) atoms. The maximum Gasteiger partial charge on any atom is 0.254 e. The molecule has 0 atom stereocenters. The highest BCUT2D eigenvalue weighted by Gasteiger charge is 2.11. The first-order valence-electron chi connectivity index (χ1n) is 7.93. The monoisotopic (exact) mass is 311 g/mol. The summed E-state index contributed by atoms with van der Waals surface area (Å²) in [5, 5.41) is 7.95. The second-order valence-corrected chi connectivity index (χ2v) is 5.33. The van der Waals surface area contributed by atoms with Crippen molar-refractivity contribution in [3.8, 4) is 5.75 Å². The van der Waals surface area contributed by atoms with Gasteiger partial charge in [-0.05, 0) is 32.4 Å². The predicted octanol–water partition coefficient (Wildman–Crippen LogP) is 3.53. The Morgan fingerprint density at radius 3 is 2.78 bits per heavy atom. The van der Waals surface area contributed by atoms with E-state index in [1.165, 1.54) is 0 Å². The predicted molar refractivity (Wildman–Crippen MR) is 90.4 cm³/mol. The van der Waals surface area contributed by atoms with Gasteiger partial charge in [-0.3, -0.25) is 0 Å². The van der Waals surface area contributed by atoms with Crippen molar-refractivity contribution >= 4 is 17.3 Å². The standard InChI is InChI=1S/C17H21N5O/c1-4-8-15-20-17-18-12(3)11-16(22(17)21-15)19-13-9-6-7-10-14(13)23-5-2/h6-7,9-11,19H,4-5,8H2,1-3H3. The maximum absolute atomic E-state index is 5.67. The molecule has 2 aromatic heterocycles. The number of para-hydroxylation sites is 2. The number of fused-ring (bicyclic) bond motifs is 1. The Hall–Kier alpha value is -2.63. The molecule has 0 saturated carbocycles. The Kier molecular flexibility index (Phi) is 4.41. The Morgan fingerprint density at radius 1 is 1.17 bits per heavy atom. The highest BCUT2D eigenvalue weighted by molar-refractivity contribution is 5.65. The number of benzene rings is 1. The van der Waals surface area contributed by atoms with E-state index in [9.17, 15) is 0 Å². The SMILES string of the molecule is CCCc1nc2nc(C)cc(Nc3ccccc3OCC)n2n1. The van der Waals surface area contributed by atoms with E-state index in [1.807, 2.05) is 44.2 Å². The van der Waals surface area contributed by atoms with Crippen molar-refractivity contribution < 1.29 is 4.74 Å². The maximum atomic E-state index is 5.67. The van der Waals surface area contributed by atoms with E-state index in [1.54, 1.807) is 4.52 Å². The summed E-state index contributed by atoms with van der Waals surface area (Å²) < 4.78 is 7.42. The van der Waals surface area contributed by atoms with Gasteiger partial charge in [0.15, 0.2) is 5.82 Å². The van der Waals surface area contributed by atoms with Gasteiger partial charge >= 0.3 is 0 Å². The molecule has 0 amide bonds. The third-order valence-corrected chi connectivity index (χ3v) is 3.41. The first kappa shape index (κ1) is 15.3. The van der Waals surface area contributed by atoms with Crippen LogP contribution in [0.2, 0.25) is 0 Å². The lowest BCUT2D eigenvalue weighted by Gasteiger charge is -2.13. The van der Waals surface area contributed by atoms with Gasteiger partial charge < -0.3 is 10.1 Å². The van der Waals surface area contributed by atoms with Gasteiger partial charge in [-0.2, -0.15) is 9.50 Å². The van der Waals surface area contributed by atoms with Crippen molar-refractivity contribution in [3.05, 3.63) is 41.9 Å². The number of ether oxygens (including phenoxy) is 1. The van der Waals surface area contributed by atoms with Crippen LogP contribution in [0.15, 0.2) is 30.3 Å². The van der Waals surface area contributed by atoms with Crippen LogP contribution in [0.25, 0.3) is 5.78 Å². The zero-order valence-electron chi connectivity index (χ0n) is 13.7. The Morgan fingerprint density at radius 2 is 2.00 bits per heavy atom. The average molecular weight is 311 g/mol. The lowest BCUT2D eigenvalue weighted by Crippen LogP contribution is -2.04. The molecule has 3 aromatic rings. The van der Waals surface area contributed by atoms with Crippen LogP contribution in [-0.4, -0.2) is 26.2 Å². The minimum atomic E-state index is 0.616. The van der Waals surface area contributed by atoms with Crippen molar-refractivity contribution in [3.63, 3.8) is 0 Å². The molecule has 1 aromatic carbocycles. The van der Waals surface area contributed by atoms with Gasteiger partial charge in [0, 0.05) is 18.2 Å². The van der Waals surface area contributed by atoms with Crippen LogP contribution in [0.4, 0.5) is 11.5 Å². The molecule has 0 fully saturated rings. The van der Waals surface area contributed by atoms with Gasteiger partial charge in [0.1, 0.15) is 11.6 Å². The summed E-state index contributed by atoms with van der Waals surface area (Å²) >= 11 is 0. The van der Waals surface area contributed by atoms with E-state index in [2.05, 4.69) is 27.3 Å². The molecule has 0 spiro atoms. The van der Waals surface area contributed by atoms with Crippen molar-refractivity contribution in [1.82, 2.24) is 19.6 Å². The van der Waals surface area contributed by atoms with Gasteiger partial charge in [0.25, 0.3) is 5.78 Å². The minimum Gasteiger partial charge on any atom is -0.492 e. The number of aryl methyl sites for hydroxylation is 2. The van der Waals surface area contributed by atoms with Crippen molar-refractivity contribution in [2.45, 2.75) is 33.6 Å². The van der Waals surface area contributed by atoms with E-state index >= 15 is 0 Å². The van der Waals surface area contributed by atoms with Gasteiger partial charge in [0.2, 0.25) is 0 Å². The fraction of sp³-hybridized carbons (Fsp3) is 0.353. The summed E-state index contributed by atoms with van der Waals surface area (Å²) in [6.45, 7) is 6.66. The van der Waals surface area contributed by atoms with Crippen LogP contribution >= 0.6 is 0 Å². The van der Waals surface area contributed by atoms with E-state index in [4.69, 9.17) is 4.74 Å². The molecule has 2 heterocycles. The smallest absolute Gasteiger partial charge is 0.254 e. The number of anilines is 2. The zero-order chi connectivity index (χ0) is 16.2. The number of nitrogens with zero attached hydrogens (tertiary/aromatic N) is 4. The third kappa shape index (κ3) is 3.26. The Labute approximate surface area is 135 Å². The van der Waals surface area contributed by atoms with Crippen LogP contribution in [0.1, 0.15) is 31.8 Å². The molecule has 0 unspecified atom stereocenters. The lowest BCUT2D eigenvalue weighted by atomic mass is 10.3. The van der Waals surface area contributed by atoms with E-state index in [-0.39, 0.29) is 0 Å². The average Bonchev–Trinajstić information content (AvgIpc) is 2.92. The Bertz CT molecular complexity index is 812. The largest absolute Gasteiger partial charge is 0.492 e. The minimum absolute atomic E-state index is 0.616. The fourth-order valence-corrected chi connectivity index (χ4v) is 2.44. The number of hydrogen-bond donors (Lipinski definition) is 1. The second-order valence-electron chi connectivity index (χ2n) is 5.33. The van der Waals surface area contributed by atoms with Gasteiger partial charge in [-0.25, -0.2) is 4.98 Å². The molecule has 0 aliphatic rings. The normalized spacial score (nSPS) is 10.9. The molecule has 120 valence electrons. The molecule has 3 rings (SSSR count). The lowest BCUT2D eigenvalue weighted by molar-refractivity contribution is 0.342. The third-order valence-electron chi connectivity index (χ3n) is 3.41. The molecule has 0 aliphatic heterocycles. The number of aromatic nitrogens is 4. The van der Waals surface area contributed by atoms with Crippen LogP contribution in [0, 0.1) is 6.92 Å². The summed E-state index contributed by atoms with van der Waals surface area (Å²) in [5.41, 5.74) is 1.79. The van der Waals surface area contributed by atoms with Crippen LogP contribution in [0.3, 0.4) is 0 Å². The molecule has 6 nitrogen and oxygen atoms in total. The molecular formula is C17H21N5O. The van der Waals surface area contributed by atoms with Gasteiger partial charge in [-0.1, -0.05) is 19.1 Å². The summed E-state index contributed by atoms with van der Waals surface area (Å²) in [5.74, 6) is 3.07. The van der Waals surface area contributed by atoms with Gasteiger partial charge in [-0.15, -0.1) is 5.10 Å². The molecule has 0 bridgehead atoms. The Balaban J connectivity index is 2.02. The molecule has 0 saturated heterocycles. The van der Waals surface area contributed by atoms with Crippen LogP contribution in [-0.2, 0) is 6.42 Å².